The fraction of sp³-hybridized carbons (Fsp3) is 0.611. The van der Waals surface area contributed by atoms with E-state index in [1.54, 1.807) is 24.1 Å². The molecule has 0 bridgehead atoms. The molecule has 2 unspecified atom stereocenters. The molecule has 5 nitrogen and oxygen atoms in total. The number of likely N-dealkylation sites (N-methyl/N-ethyl adjacent to an activating group) is 1. The van der Waals surface area contributed by atoms with Crippen molar-refractivity contribution in [3.63, 3.8) is 0 Å². The molecule has 24 heavy (non-hydrogen) atoms. The maximum atomic E-state index is 13.8. The SMILES string of the molecule is COc1ccc(CN(C)C(=O)CN2C(C)CCCC2CO)cc1F. The Labute approximate surface area is 143 Å². The van der Waals surface area contributed by atoms with Crippen LogP contribution in [0.3, 0.4) is 0 Å². The van der Waals surface area contributed by atoms with Crippen LogP contribution in [0.2, 0.25) is 0 Å². The van der Waals surface area contributed by atoms with Gasteiger partial charge in [0.15, 0.2) is 11.6 Å². The van der Waals surface area contributed by atoms with Crippen molar-refractivity contribution in [2.75, 3.05) is 27.3 Å². The average molecular weight is 338 g/mol. The van der Waals surface area contributed by atoms with Gasteiger partial charge in [0.2, 0.25) is 5.91 Å². The normalized spacial score (nSPS) is 21.5. The highest BCUT2D eigenvalue weighted by atomic mass is 19.1. The third-order valence-electron chi connectivity index (χ3n) is 4.78. The summed E-state index contributed by atoms with van der Waals surface area (Å²) < 4.78 is 18.7. The lowest BCUT2D eigenvalue weighted by molar-refractivity contribution is -0.133. The summed E-state index contributed by atoms with van der Waals surface area (Å²) >= 11 is 0. The molecule has 0 saturated carbocycles. The summed E-state index contributed by atoms with van der Waals surface area (Å²) in [6, 6.07) is 5.04. The van der Waals surface area contributed by atoms with Crippen LogP contribution in [-0.2, 0) is 11.3 Å². The van der Waals surface area contributed by atoms with E-state index < -0.39 is 5.82 Å². The molecule has 0 aromatic heterocycles. The topological polar surface area (TPSA) is 53.0 Å². The molecular weight excluding hydrogens is 311 g/mol. The Bertz CT molecular complexity index is 567. The zero-order chi connectivity index (χ0) is 17.7. The summed E-state index contributed by atoms with van der Waals surface area (Å²) in [5.41, 5.74) is 0.717. The van der Waals surface area contributed by atoms with Crippen molar-refractivity contribution in [3.05, 3.63) is 29.6 Å². The van der Waals surface area contributed by atoms with Gasteiger partial charge in [-0.05, 0) is 37.5 Å². The second-order valence-corrected chi connectivity index (χ2v) is 6.51. The first-order valence-corrected chi connectivity index (χ1v) is 8.39. The molecule has 0 aliphatic carbocycles. The summed E-state index contributed by atoms with van der Waals surface area (Å²) in [4.78, 5) is 16.2. The molecule has 1 aromatic rings. The number of piperidine rings is 1. The Morgan fingerprint density at radius 1 is 1.46 bits per heavy atom. The Hall–Kier alpha value is -1.66. The summed E-state index contributed by atoms with van der Waals surface area (Å²) in [5.74, 6) is -0.264. The number of likely N-dealkylation sites (tertiary alicyclic amines) is 1. The monoisotopic (exact) mass is 338 g/mol. The minimum Gasteiger partial charge on any atom is -0.494 e. The highest BCUT2D eigenvalue weighted by Crippen LogP contribution is 2.23. The molecule has 1 fully saturated rings. The maximum Gasteiger partial charge on any atom is 0.236 e. The lowest BCUT2D eigenvalue weighted by Crippen LogP contribution is -2.51. The third kappa shape index (κ3) is 4.45. The fourth-order valence-corrected chi connectivity index (χ4v) is 3.27. The summed E-state index contributed by atoms with van der Waals surface area (Å²) in [6.45, 7) is 2.78. The number of carbonyl (C=O) groups is 1. The van der Waals surface area contributed by atoms with Gasteiger partial charge in [0.1, 0.15) is 0 Å². The van der Waals surface area contributed by atoms with Crippen LogP contribution >= 0.6 is 0 Å². The van der Waals surface area contributed by atoms with Crippen molar-refractivity contribution in [2.45, 2.75) is 44.8 Å². The molecule has 1 N–H and O–H groups in total. The van der Waals surface area contributed by atoms with Crippen molar-refractivity contribution < 1.29 is 19.0 Å². The van der Waals surface area contributed by atoms with E-state index in [-0.39, 0.29) is 36.9 Å². The van der Waals surface area contributed by atoms with Gasteiger partial charge >= 0.3 is 0 Å². The van der Waals surface area contributed by atoms with Crippen molar-refractivity contribution >= 4 is 5.91 Å². The molecule has 2 rings (SSSR count). The molecule has 134 valence electrons. The number of carbonyl (C=O) groups excluding carboxylic acids is 1. The van der Waals surface area contributed by atoms with Crippen LogP contribution in [-0.4, -0.2) is 60.2 Å². The van der Waals surface area contributed by atoms with Gasteiger partial charge in [0, 0.05) is 25.7 Å². The van der Waals surface area contributed by atoms with Gasteiger partial charge in [-0.15, -0.1) is 0 Å². The maximum absolute atomic E-state index is 13.8. The smallest absolute Gasteiger partial charge is 0.236 e. The molecule has 0 radical (unpaired) electrons. The van der Waals surface area contributed by atoms with Gasteiger partial charge in [-0.3, -0.25) is 9.69 Å². The van der Waals surface area contributed by atoms with Gasteiger partial charge < -0.3 is 14.7 Å². The van der Waals surface area contributed by atoms with E-state index in [9.17, 15) is 14.3 Å². The molecule has 1 saturated heterocycles. The molecule has 0 spiro atoms. The zero-order valence-electron chi connectivity index (χ0n) is 14.7. The van der Waals surface area contributed by atoms with E-state index in [2.05, 4.69) is 11.8 Å². The fourth-order valence-electron chi connectivity index (χ4n) is 3.27. The van der Waals surface area contributed by atoms with Crippen molar-refractivity contribution in [2.24, 2.45) is 0 Å². The quantitative estimate of drug-likeness (QED) is 0.862. The Balaban J connectivity index is 1.97. The number of ether oxygens (including phenoxy) is 1. The second-order valence-electron chi connectivity index (χ2n) is 6.51. The van der Waals surface area contributed by atoms with E-state index in [4.69, 9.17) is 4.74 Å². The molecule has 1 aromatic carbocycles. The number of hydrogen-bond acceptors (Lipinski definition) is 4. The zero-order valence-corrected chi connectivity index (χ0v) is 14.7. The van der Waals surface area contributed by atoms with Crippen molar-refractivity contribution in [1.82, 2.24) is 9.80 Å². The first kappa shape index (κ1) is 18.7. The van der Waals surface area contributed by atoms with Gasteiger partial charge in [0.05, 0.1) is 20.3 Å². The molecular formula is C18H27FN2O3. The Morgan fingerprint density at radius 3 is 2.83 bits per heavy atom. The summed E-state index contributed by atoms with van der Waals surface area (Å²) in [6.07, 6.45) is 3.04. The van der Waals surface area contributed by atoms with Gasteiger partial charge in [-0.2, -0.15) is 0 Å². The van der Waals surface area contributed by atoms with Crippen LogP contribution in [0.5, 0.6) is 5.75 Å². The Kier molecular flexibility index (Phi) is 6.57. The minimum atomic E-state index is -0.430. The van der Waals surface area contributed by atoms with Crippen LogP contribution in [0.4, 0.5) is 4.39 Å². The van der Waals surface area contributed by atoms with E-state index in [1.807, 2.05) is 0 Å². The first-order chi connectivity index (χ1) is 11.5. The van der Waals surface area contributed by atoms with Crippen LogP contribution in [0.25, 0.3) is 0 Å². The molecule has 1 amide bonds. The van der Waals surface area contributed by atoms with Crippen LogP contribution < -0.4 is 4.74 Å². The lowest BCUT2D eigenvalue weighted by Gasteiger charge is -2.40. The average Bonchev–Trinajstić information content (AvgIpc) is 2.56. The number of methoxy groups -OCH3 is 1. The molecule has 1 aliphatic heterocycles. The predicted molar refractivity (Wildman–Crippen MR) is 90.3 cm³/mol. The van der Waals surface area contributed by atoms with Gasteiger partial charge in [0.25, 0.3) is 0 Å². The number of amides is 1. The van der Waals surface area contributed by atoms with Crippen molar-refractivity contribution in [1.29, 1.82) is 0 Å². The molecule has 1 aliphatic rings. The number of rotatable bonds is 6. The molecule has 2 atom stereocenters. The summed E-state index contributed by atoms with van der Waals surface area (Å²) in [7, 11) is 3.14. The second kappa shape index (κ2) is 8.44. The number of nitrogens with zero attached hydrogens (tertiary/aromatic N) is 2. The molecule has 6 heteroatoms. The third-order valence-corrected chi connectivity index (χ3v) is 4.78. The van der Waals surface area contributed by atoms with E-state index >= 15 is 0 Å². The highest BCUT2D eigenvalue weighted by Gasteiger charge is 2.29. The van der Waals surface area contributed by atoms with Gasteiger partial charge in [-0.1, -0.05) is 12.5 Å². The number of aliphatic hydroxyl groups is 1. The number of benzene rings is 1. The van der Waals surface area contributed by atoms with Crippen LogP contribution in [0.1, 0.15) is 31.7 Å². The number of aliphatic hydroxyl groups excluding tert-OH is 1. The van der Waals surface area contributed by atoms with Crippen LogP contribution in [0, 0.1) is 5.82 Å². The molecule has 1 heterocycles. The number of hydrogen-bond donors (Lipinski definition) is 1. The Morgan fingerprint density at radius 2 is 2.21 bits per heavy atom. The minimum absolute atomic E-state index is 0.0292. The van der Waals surface area contributed by atoms with Crippen LogP contribution in [0.15, 0.2) is 18.2 Å². The first-order valence-electron chi connectivity index (χ1n) is 8.39. The summed E-state index contributed by atoms with van der Waals surface area (Å²) in [5, 5.41) is 9.53. The number of halogens is 1. The standard InChI is InChI=1S/C18H27FN2O3/c1-13-5-4-6-15(12-22)21(13)11-18(23)20(2)10-14-7-8-17(24-3)16(19)9-14/h7-9,13,15,22H,4-6,10-12H2,1-3H3. The lowest BCUT2D eigenvalue weighted by atomic mass is 9.97. The van der Waals surface area contributed by atoms with Gasteiger partial charge in [-0.25, -0.2) is 4.39 Å². The predicted octanol–water partition coefficient (Wildman–Crippen LogP) is 2.03. The van der Waals surface area contributed by atoms with E-state index in [1.165, 1.54) is 13.2 Å². The van der Waals surface area contributed by atoms with E-state index in [0.717, 1.165) is 24.8 Å². The van der Waals surface area contributed by atoms with Crippen molar-refractivity contribution in [3.8, 4) is 5.75 Å². The highest BCUT2D eigenvalue weighted by molar-refractivity contribution is 5.78. The largest absolute Gasteiger partial charge is 0.494 e. The van der Waals surface area contributed by atoms with E-state index in [0.29, 0.717) is 6.54 Å².